The van der Waals surface area contributed by atoms with Crippen LogP contribution >= 0.6 is 22.9 Å². The minimum absolute atomic E-state index is 0.00565. The lowest BCUT2D eigenvalue weighted by Crippen LogP contribution is -2.00. The number of hydrogen-bond donors (Lipinski definition) is 2. The number of benzene rings is 1. The molecular formula is C15H12ClNO2S. The summed E-state index contributed by atoms with van der Waals surface area (Å²) in [6.45, 7) is 2.00. The van der Waals surface area contributed by atoms with Gasteiger partial charge in [0.05, 0.1) is 21.3 Å². The smallest absolute Gasteiger partial charge is 0.307 e. The Hall–Kier alpha value is -1.78. The second-order valence-electron chi connectivity index (χ2n) is 4.70. The third-order valence-electron chi connectivity index (χ3n) is 3.21. The van der Waals surface area contributed by atoms with E-state index in [0.29, 0.717) is 4.34 Å². The Morgan fingerprint density at radius 1 is 1.35 bits per heavy atom. The number of carbonyl (C=O) groups is 1. The van der Waals surface area contributed by atoms with Gasteiger partial charge in [0, 0.05) is 10.9 Å². The molecule has 3 rings (SSSR count). The van der Waals surface area contributed by atoms with Crippen LogP contribution in [-0.2, 0) is 11.2 Å². The van der Waals surface area contributed by atoms with Crippen LogP contribution in [0.3, 0.4) is 0 Å². The first kappa shape index (κ1) is 13.2. The zero-order chi connectivity index (χ0) is 14.3. The molecule has 3 aromatic rings. The summed E-state index contributed by atoms with van der Waals surface area (Å²) in [5.74, 6) is -0.837. The SMILES string of the molecule is Cc1ccc2[nH]c(-c3ccc(Cl)s3)c(CC(=O)O)c2c1. The van der Waals surface area contributed by atoms with Crippen LogP contribution < -0.4 is 0 Å². The molecule has 0 aliphatic carbocycles. The number of aromatic nitrogens is 1. The number of aromatic amines is 1. The molecule has 0 saturated heterocycles. The molecule has 102 valence electrons. The van der Waals surface area contributed by atoms with Crippen LogP contribution in [0.4, 0.5) is 0 Å². The van der Waals surface area contributed by atoms with Crippen molar-refractivity contribution in [2.45, 2.75) is 13.3 Å². The number of carboxylic acid groups (broad SMARTS) is 1. The average Bonchev–Trinajstić information content (AvgIpc) is 2.94. The van der Waals surface area contributed by atoms with Gasteiger partial charge in [-0.15, -0.1) is 11.3 Å². The molecule has 0 bridgehead atoms. The van der Waals surface area contributed by atoms with Gasteiger partial charge >= 0.3 is 5.97 Å². The van der Waals surface area contributed by atoms with E-state index >= 15 is 0 Å². The van der Waals surface area contributed by atoms with E-state index in [2.05, 4.69) is 4.98 Å². The highest BCUT2D eigenvalue weighted by molar-refractivity contribution is 7.19. The second kappa shape index (κ2) is 4.96. The Morgan fingerprint density at radius 3 is 2.80 bits per heavy atom. The number of hydrogen-bond acceptors (Lipinski definition) is 2. The summed E-state index contributed by atoms with van der Waals surface area (Å²) in [5.41, 5.74) is 3.73. The molecule has 0 unspecified atom stereocenters. The Balaban J connectivity index is 2.27. The van der Waals surface area contributed by atoms with Crippen LogP contribution in [0.2, 0.25) is 4.34 Å². The molecule has 0 amide bonds. The maximum absolute atomic E-state index is 11.1. The van der Waals surface area contributed by atoms with Crippen LogP contribution in [0.25, 0.3) is 21.5 Å². The first-order chi connectivity index (χ1) is 9.54. The maximum atomic E-state index is 11.1. The van der Waals surface area contributed by atoms with Gasteiger partial charge in [0.25, 0.3) is 0 Å². The van der Waals surface area contributed by atoms with Crippen molar-refractivity contribution >= 4 is 39.8 Å². The molecule has 0 spiro atoms. The lowest BCUT2D eigenvalue weighted by Gasteiger charge is -2.00. The minimum atomic E-state index is -0.837. The zero-order valence-electron chi connectivity index (χ0n) is 10.7. The Bertz CT molecular complexity index is 803. The van der Waals surface area contributed by atoms with Gasteiger partial charge < -0.3 is 10.1 Å². The molecule has 0 aliphatic heterocycles. The summed E-state index contributed by atoms with van der Waals surface area (Å²) >= 11 is 7.42. The number of aryl methyl sites for hydroxylation is 1. The molecule has 0 radical (unpaired) electrons. The van der Waals surface area contributed by atoms with Crippen molar-refractivity contribution in [1.29, 1.82) is 0 Å². The summed E-state index contributed by atoms with van der Waals surface area (Å²) in [4.78, 5) is 15.4. The van der Waals surface area contributed by atoms with Crippen LogP contribution in [-0.4, -0.2) is 16.1 Å². The van der Waals surface area contributed by atoms with Gasteiger partial charge in [-0.1, -0.05) is 23.2 Å². The lowest BCUT2D eigenvalue weighted by atomic mass is 10.0. The zero-order valence-corrected chi connectivity index (χ0v) is 12.3. The summed E-state index contributed by atoms with van der Waals surface area (Å²) in [5, 5.41) is 10.1. The van der Waals surface area contributed by atoms with Gasteiger partial charge in [-0.3, -0.25) is 4.79 Å². The highest BCUT2D eigenvalue weighted by Crippen LogP contribution is 2.36. The van der Waals surface area contributed by atoms with Crippen molar-refractivity contribution in [3.8, 4) is 10.6 Å². The normalized spacial score (nSPS) is 11.1. The molecule has 2 aromatic heterocycles. The largest absolute Gasteiger partial charge is 0.481 e. The minimum Gasteiger partial charge on any atom is -0.481 e. The van der Waals surface area contributed by atoms with Gasteiger partial charge in [0.2, 0.25) is 0 Å². The summed E-state index contributed by atoms with van der Waals surface area (Å²) in [6.07, 6.45) is -0.00565. The quantitative estimate of drug-likeness (QED) is 0.749. The predicted octanol–water partition coefficient (Wildman–Crippen LogP) is 4.49. The van der Waals surface area contributed by atoms with Crippen molar-refractivity contribution in [3.05, 3.63) is 45.8 Å². The van der Waals surface area contributed by atoms with Gasteiger partial charge in [0.15, 0.2) is 0 Å². The summed E-state index contributed by atoms with van der Waals surface area (Å²) in [7, 11) is 0. The predicted molar refractivity (Wildman–Crippen MR) is 82.7 cm³/mol. The maximum Gasteiger partial charge on any atom is 0.307 e. The Morgan fingerprint density at radius 2 is 2.15 bits per heavy atom. The number of thiophene rings is 1. The van der Waals surface area contributed by atoms with Crippen molar-refractivity contribution in [2.75, 3.05) is 0 Å². The lowest BCUT2D eigenvalue weighted by molar-refractivity contribution is -0.136. The number of H-pyrrole nitrogens is 1. The highest BCUT2D eigenvalue weighted by atomic mass is 35.5. The van der Waals surface area contributed by atoms with E-state index in [9.17, 15) is 4.79 Å². The van der Waals surface area contributed by atoms with Crippen LogP contribution in [0.5, 0.6) is 0 Å². The Kier molecular flexibility index (Phi) is 3.28. The van der Waals surface area contributed by atoms with E-state index in [1.165, 1.54) is 11.3 Å². The number of fused-ring (bicyclic) bond motifs is 1. The van der Waals surface area contributed by atoms with Crippen LogP contribution in [0.1, 0.15) is 11.1 Å². The molecule has 0 fully saturated rings. The first-order valence-corrected chi connectivity index (χ1v) is 7.33. The van der Waals surface area contributed by atoms with Crippen molar-refractivity contribution in [3.63, 3.8) is 0 Å². The molecule has 0 aliphatic rings. The molecule has 0 atom stereocenters. The fourth-order valence-electron chi connectivity index (χ4n) is 2.36. The molecule has 2 N–H and O–H groups in total. The molecular weight excluding hydrogens is 294 g/mol. The number of halogens is 1. The van der Waals surface area contributed by atoms with Crippen LogP contribution in [0.15, 0.2) is 30.3 Å². The number of rotatable bonds is 3. The van der Waals surface area contributed by atoms with Crippen molar-refractivity contribution in [1.82, 2.24) is 4.98 Å². The fourth-order valence-corrected chi connectivity index (χ4v) is 3.43. The highest BCUT2D eigenvalue weighted by Gasteiger charge is 2.17. The van der Waals surface area contributed by atoms with E-state index in [0.717, 1.165) is 32.6 Å². The molecule has 1 aromatic carbocycles. The van der Waals surface area contributed by atoms with E-state index in [1.54, 1.807) is 0 Å². The molecule has 5 heteroatoms. The van der Waals surface area contributed by atoms with Crippen LogP contribution in [0, 0.1) is 6.92 Å². The first-order valence-electron chi connectivity index (χ1n) is 6.13. The third-order valence-corrected chi connectivity index (χ3v) is 4.46. The van der Waals surface area contributed by atoms with E-state index in [-0.39, 0.29) is 6.42 Å². The summed E-state index contributed by atoms with van der Waals surface area (Å²) in [6, 6.07) is 9.74. The Labute approximate surface area is 124 Å². The van der Waals surface area contributed by atoms with Gasteiger partial charge in [-0.25, -0.2) is 0 Å². The number of nitrogens with one attached hydrogen (secondary N) is 1. The third kappa shape index (κ3) is 2.32. The number of aliphatic carboxylic acids is 1. The van der Waals surface area contributed by atoms with Crippen molar-refractivity contribution < 1.29 is 9.90 Å². The van der Waals surface area contributed by atoms with E-state index < -0.39 is 5.97 Å². The van der Waals surface area contributed by atoms with E-state index in [4.69, 9.17) is 16.7 Å². The molecule has 2 heterocycles. The topological polar surface area (TPSA) is 53.1 Å². The summed E-state index contributed by atoms with van der Waals surface area (Å²) < 4.78 is 0.691. The second-order valence-corrected chi connectivity index (χ2v) is 6.42. The molecule has 3 nitrogen and oxygen atoms in total. The fraction of sp³-hybridized carbons (Fsp3) is 0.133. The molecule has 20 heavy (non-hydrogen) atoms. The monoisotopic (exact) mass is 305 g/mol. The van der Waals surface area contributed by atoms with Crippen molar-refractivity contribution in [2.24, 2.45) is 0 Å². The van der Waals surface area contributed by atoms with Gasteiger partial charge in [-0.2, -0.15) is 0 Å². The van der Waals surface area contributed by atoms with E-state index in [1.807, 2.05) is 37.3 Å². The van der Waals surface area contributed by atoms with Gasteiger partial charge in [0.1, 0.15) is 0 Å². The van der Waals surface area contributed by atoms with Gasteiger partial charge in [-0.05, 0) is 36.8 Å². The number of carboxylic acids is 1. The standard InChI is InChI=1S/C15H12ClNO2S/c1-8-2-3-11-9(6-8)10(7-14(18)19)15(17-11)12-4-5-13(16)20-12/h2-6,17H,7H2,1H3,(H,18,19). The average molecular weight is 306 g/mol. The molecule has 0 saturated carbocycles.